The smallest absolute Gasteiger partial charge is 0.0973 e. The van der Waals surface area contributed by atoms with Gasteiger partial charge in [-0.25, -0.2) is 0 Å². The van der Waals surface area contributed by atoms with Crippen molar-refractivity contribution in [3.63, 3.8) is 0 Å². The molecule has 3 aromatic rings. The first-order chi connectivity index (χ1) is 13.2. The number of aliphatic hydroxyl groups excluding tert-OH is 1. The Labute approximate surface area is 162 Å². The van der Waals surface area contributed by atoms with E-state index >= 15 is 0 Å². The van der Waals surface area contributed by atoms with Gasteiger partial charge in [-0.1, -0.05) is 97.9 Å². The Morgan fingerprint density at radius 2 is 1.15 bits per heavy atom. The molecule has 1 N–H and O–H groups in total. The fourth-order valence-electron chi connectivity index (χ4n) is 4.44. The molecule has 0 aliphatic carbocycles. The Morgan fingerprint density at radius 1 is 0.741 bits per heavy atom. The Bertz CT molecular complexity index is 751. The minimum absolute atomic E-state index is 0.311. The molecule has 1 aliphatic heterocycles. The van der Waals surface area contributed by atoms with Gasteiger partial charge in [0.2, 0.25) is 0 Å². The van der Waals surface area contributed by atoms with Crippen molar-refractivity contribution in [2.24, 2.45) is 5.92 Å². The van der Waals surface area contributed by atoms with E-state index in [1.807, 2.05) is 0 Å². The third-order valence-electron chi connectivity index (χ3n) is 5.97. The summed E-state index contributed by atoms with van der Waals surface area (Å²) in [5.41, 5.74) is 3.31. The second-order valence-electron chi connectivity index (χ2n) is 7.59. The fourth-order valence-corrected chi connectivity index (χ4v) is 4.44. The van der Waals surface area contributed by atoms with Crippen molar-refractivity contribution in [3.05, 3.63) is 108 Å². The predicted molar refractivity (Wildman–Crippen MR) is 111 cm³/mol. The molecule has 3 aromatic carbocycles. The number of hydrogen-bond donors (Lipinski definition) is 1. The maximum Gasteiger partial charge on any atom is 0.0973 e. The standard InChI is InChI=1S/C25H27NO/c1-20-17-18-26(19-24(20)27)25(21-11-5-2-6-12-21,22-13-7-3-8-14-22)23-15-9-4-10-16-23/h2-16,20,24,27H,17-19H2,1H3. The van der Waals surface area contributed by atoms with Crippen LogP contribution in [0, 0.1) is 5.92 Å². The Balaban J connectivity index is 1.98. The maximum atomic E-state index is 10.7. The summed E-state index contributed by atoms with van der Waals surface area (Å²) in [6.07, 6.45) is 0.685. The molecule has 1 heterocycles. The van der Waals surface area contributed by atoms with Gasteiger partial charge >= 0.3 is 0 Å². The van der Waals surface area contributed by atoms with Gasteiger partial charge in [-0.3, -0.25) is 4.90 Å². The van der Waals surface area contributed by atoms with Gasteiger partial charge in [-0.15, -0.1) is 0 Å². The highest BCUT2D eigenvalue weighted by molar-refractivity contribution is 5.49. The van der Waals surface area contributed by atoms with E-state index in [1.54, 1.807) is 0 Å². The Morgan fingerprint density at radius 3 is 1.52 bits per heavy atom. The first kappa shape index (κ1) is 18.0. The number of aliphatic hydroxyl groups is 1. The highest BCUT2D eigenvalue weighted by atomic mass is 16.3. The van der Waals surface area contributed by atoms with Gasteiger partial charge in [-0.05, 0) is 29.0 Å². The fraction of sp³-hybridized carbons (Fsp3) is 0.280. The van der Waals surface area contributed by atoms with Gasteiger partial charge in [0, 0.05) is 13.1 Å². The third-order valence-corrected chi connectivity index (χ3v) is 5.97. The molecule has 2 heteroatoms. The van der Waals surface area contributed by atoms with Crippen molar-refractivity contribution in [1.82, 2.24) is 4.90 Å². The van der Waals surface area contributed by atoms with Crippen LogP contribution >= 0.6 is 0 Å². The van der Waals surface area contributed by atoms with Crippen LogP contribution in [0.25, 0.3) is 0 Å². The average molecular weight is 357 g/mol. The molecule has 4 rings (SSSR count). The average Bonchev–Trinajstić information content (AvgIpc) is 2.74. The summed E-state index contributed by atoms with van der Waals surface area (Å²) in [7, 11) is 0. The molecule has 138 valence electrons. The first-order valence-electron chi connectivity index (χ1n) is 9.82. The molecule has 0 radical (unpaired) electrons. The number of piperidine rings is 1. The second kappa shape index (κ2) is 7.67. The lowest BCUT2D eigenvalue weighted by Gasteiger charge is -2.49. The lowest BCUT2D eigenvalue weighted by molar-refractivity contribution is -0.00339. The normalized spacial score (nSPS) is 21.1. The van der Waals surface area contributed by atoms with Crippen LogP contribution in [0.4, 0.5) is 0 Å². The summed E-state index contributed by atoms with van der Waals surface area (Å²) in [6.45, 7) is 3.77. The van der Waals surface area contributed by atoms with Gasteiger partial charge in [0.1, 0.15) is 0 Å². The van der Waals surface area contributed by atoms with Gasteiger partial charge < -0.3 is 5.11 Å². The van der Waals surface area contributed by atoms with Gasteiger partial charge in [0.05, 0.1) is 11.6 Å². The molecule has 0 aromatic heterocycles. The SMILES string of the molecule is CC1CCN(C(c2ccccc2)(c2ccccc2)c2ccccc2)CC1O. The van der Waals surface area contributed by atoms with Gasteiger partial charge in [-0.2, -0.15) is 0 Å². The number of nitrogens with zero attached hydrogens (tertiary/aromatic N) is 1. The lowest BCUT2D eigenvalue weighted by atomic mass is 9.74. The maximum absolute atomic E-state index is 10.7. The van der Waals surface area contributed by atoms with Crippen LogP contribution in [0.5, 0.6) is 0 Å². The van der Waals surface area contributed by atoms with E-state index in [0.29, 0.717) is 12.5 Å². The number of benzene rings is 3. The van der Waals surface area contributed by atoms with E-state index in [0.717, 1.165) is 13.0 Å². The van der Waals surface area contributed by atoms with Crippen LogP contribution in [0.3, 0.4) is 0 Å². The zero-order chi connectivity index (χ0) is 18.7. The van der Waals surface area contributed by atoms with E-state index in [9.17, 15) is 5.11 Å². The molecular formula is C25H27NO. The Hall–Kier alpha value is -2.42. The molecule has 1 saturated heterocycles. The topological polar surface area (TPSA) is 23.5 Å². The predicted octanol–water partition coefficient (Wildman–Crippen LogP) is 4.68. The summed E-state index contributed by atoms with van der Waals surface area (Å²) in [5.74, 6) is 0.335. The highest BCUT2D eigenvalue weighted by Gasteiger charge is 2.44. The zero-order valence-corrected chi connectivity index (χ0v) is 15.8. The number of rotatable bonds is 4. The van der Waals surface area contributed by atoms with E-state index in [2.05, 4.69) is 103 Å². The van der Waals surface area contributed by atoms with Crippen molar-refractivity contribution in [2.75, 3.05) is 13.1 Å². The van der Waals surface area contributed by atoms with E-state index < -0.39 is 5.54 Å². The lowest BCUT2D eigenvalue weighted by Crippen LogP contribution is -2.55. The zero-order valence-electron chi connectivity index (χ0n) is 15.8. The minimum Gasteiger partial charge on any atom is -0.392 e. The minimum atomic E-state index is -0.412. The molecule has 2 unspecified atom stereocenters. The molecule has 0 bridgehead atoms. The van der Waals surface area contributed by atoms with Crippen LogP contribution in [0.15, 0.2) is 91.0 Å². The molecule has 1 aliphatic rings. The van der Waals surface area contributed by atoms with Crippen LogP contribution in [-0.2, 0) is 5.54 Å². The van der Waals surface area contributed by atoms with Crippen molar-refractivity contribution in [1.29, 1.82) is 0 Å². The van der Waals surface area contributed by atoms with Gasteiger partial charge in [0.25, 0.3) is 0 Å². The van der Waals surface area contributed by atoms with E-state index in [-0.39, 0.29) is 6.10 Å². The van der Waals surface area contributed by atoms with Crippen LogP contribution in [-0.4, -0.2) is 29.2 Å². The van der Waals surface area contributed by atoms with Crippen LogP contribution in [0.1, 0.15) is 30.0 Å². The van der Waals surface area contributed by atoms with Gasteiger partial charge in [0.15, 0.2) is 0 Å². The van der Waals surface area contributed by atoms with Crippen LogP contribution < -0.4 is 0 Å². The summed E-state index contributed by atoms with van der Waals surface area (Å²) in [6, 6.07) is 32.1. The molecule has 0 spiro atoms. The highest BCUT2D eigenvalue weighted by Crippen LogP contribution is 2.44. The number of likely N-dealkylation sites (tertiary alicyclic amines) is 1. The molecule has 27 heavy (non-hydrogen) atoms. The molecular weight excluding hydrogens is 330 g/mol. The van der Waals surface area contributed by atoms with Crippen molar-refractivity contribution >= 4 is 0 Å². The Kier molecular flexibility index (Phi) is 5.11. The number of hydrogen-bond acceptors (Lipinski definition) is 2. The van der Waals surface area contributed by atoms with Crippen molar-refractivity contribution in [2.45, 2.75) is 25.0 Å². The monoisotopic (exact) mass is 357 g/mol. The van der Waals surface area contributed by atoms with Crippen LogP contribution in [0.2, 0.25) is 0 Å². The molecule has 1 fully saturated rings. The molecule has 0 amide bonds. The molecule has 2 nitrogen and oxygen atoms in total. The quantitative estimate of drug-likeness (QED) is 0.685. The number of β-amino-alcohol motifs (C(OH)–C–C–N with tert-alkyl or cyclic N) is 1. The largest absolute Gasteiger partial charge is 0.392 e. The summed E-state index contributed by atoms with van der Waals surface area (Å²) in [5, 5.41) is 10.7. The van der Waals surface area contributed by atoms with Crippen molar-refractivity contribution in [3.8, 4) is 0 Å². The summed E-state index contributed by atoms with van der Waals surface area (Å²) in [4.78, 5) is 2.47. The second-order valence-corrected chi connectivity index (χ2v) is 7.59. The van der Waals surface area contributed by atoms with Crippen molar-refractivity contribution < 1.29 is 5.11 Å². The van der Waals surface area contributed by atoms with E-state index in [4.69, 9.17) is 0 Å². The molecule has 2 atom stereocenters. The van der Waals surface area contributed by atoms with E-state index in [1.165, 1.54) is 16.7 Å². The summed E-state index contributed by atoms with van der Waals surface area (Å²) < 4.78 is 0. The first-order valence-corrected chi connectivity index (χ1v) is 9.82. The summed E-state index contributed by atoms with van der Waals surface area (Å²) >= 11 is 0. The molecule has 0 saturated carbocycles. The third kappa shape index (κ3) is 3.20.